The Bertz CT molecular complexity index is 764. The van der Waals surface area contributed by atoms with E-state index in [1.165, 1.54) is 7.11 Å². The van der Waals surface area contributed by atoms with E-state index in [2.05, 4.69) is 0 Å². The molecule has 0 bridgehead atoms. The Morgan fingerprint density at radius 3 is 2.17 bits per heavy atom. The predicted molar refractivity (Wildman–Crippen MR) is 95.8 cm³/mol. The lowest BCUT2D eigenvalue weighted by Gasteiger charge is -2.31. The number of carbonyl (C=O) groups excluding carboxylic acids is 1. The largest absolute Gasteiger partial charge is 0.496 e. The number of halogens is 1. The first-order chi connectivity index (χ1) is 10.7. The summed E-state index contributed by atoms with van der Waals surface area (Å²) in [5.74, 6) is 0.336. The molecule has 122 valence electrons. The fourth-order valence-corrected chi connectivity index (χ4v) is 5.56. The van der Waals surface area contributed by atoms with E-state index in [-0.39, 0.29) is 10.6 Å². The Morgan fingerprint density at radius 2 is 1.65 bits per heavy atom. The molecule has 3 nitrogen and oxygen atoms in total. The summed E-state index contributed by atoms with van der Waals surface area (Å²) < 4.78 is 19.2. The molecule has 5 heteroatoms. The zero-order valence-corrected chi connectivity index (χ0v) is 15.3. The highest BCUT2D eigenvalue weighted by Gasteiger charge is 2.46. The van der Waals surface area contributed by atoms with E-state index in [4.69, 9.17) is 16.3 Å². The summed E-state index contributed by atoms with van der Waals surface area (Å²) in [6.45, 7) is 5.42. The lowest BCUT2D eigenvalue weighted by molar-refractivity contribution is 0.107. The quantitative estimate of drug-likeness (QED) is 0.731. The molecule has 0 amide bonds. The molecular formula is C18H20ClO3P. The molecule has 1 unspecified atom stereocenters. The van der Waals surface area contributed by atoms with Gasteiger partial charge in [0, 0.05) is 10.5 Å². The van der Waals surface area contributed by atoms with Gasteiger partial charge in [-0.2, -0.15) is 0 Å². The molecule has 0 N–H and O–H groups in total. The molecule has 0 aliphatic carbocycles. The van der Waals surface area contributed by atoms with Gasteiger partial charge in [-0.15, -0.1) is 0 Å². The molecule has 0 saturated carbocycles. The van der Waals surface area contributed by atoms with Gasteiger partial charge >= 0.3 is 0 Å². The summed E-state index contributed by atoms with van der Waals surface area (Å²) >= 11 is 6.22. The highest BCUT2D eigenvalue weighted by atomic mass is 35.5. The van der Waals surface area contributed by atoms with E-state index < -0.39 is 17.8 Å². The van der Waals surface area contributed by atoms with Gasteiger partial charge in [0.15, 0.2) is 7.14 Å². The summed E-state index contributed by atoms with van der Waals surface area (Å²) in [7, 11) is -1.97. The van der Waals surface area contributed by atoms with Gasteiger partial charge in [-0.25, -0.2) is 0 Å². The minimum Gasteiger partial charge on any atom is -0.496 e. The maximum atomic E-state index is 13.9. The topological polar surface area (TPSA) is 43.4 Å². The van der Waals surface area contributed by atoms with Crippen LogP contribution in [0.3, 0.4) is 0 Å². The van der Waals surface area contributed by atoms with Gasteiger partial charge in [0.25, 0.3) is 0 Å². The zero-order valence-electron chi connectivity index (χ0n) is 13.7. The molecule has 2 aromatic rings. The van der Waals surface area contributed by atoms with Crippen LogP contribution >= 0.6 is 18.7 Å². The predicted octanol–water partition coefficient (Wildman–Crippen LogP) is 4.98. The third kappa shape index (κ3) is 3.08. The van der Waals surface area contributed by atoms with Crippen molar-refractivity contribution in [2.45, 2.75) is 25.9 Å². The fraction of sp³-hybridized carbons (Fsp3) is 0.278. The molecule has 0 fully saturated rings. The van der Waals surface area contributed by atoms with Gasteiger partial charge in [0.2, 0.25) is 5.52 Å². The first-order valence-corrected chi connectivity index (χ1v) is 9.35. The first-order valence-electron chi connectivity index (χ1n) is 7.26. The van der Waals surface area contributed by atoms with Gasteiger partial charge in [-0.3, -0.25) is 4.79 Å². The van der Waals surface area contributed by atoms with Crippen molar-refractivity contribution in [1.29, 1.82) is 0 Å². The summed E-state index contributed by atoms with van der Waals surface area (Å²) in [6.07, 6.45) is 0. The van der Waals surface area contributed by atoms with Crippen LogP contribution in [0.1, 0.15) is 31.1 Å². The van der Waals surface area contributed by atoms with E-state index in [9.17, 15) is 9.36 Å². The second-order valence-corrected chi connectivity index (χ2v) is 10.1. The minimum atomic E-state index is -3.44. The van der Waals surface area contributed by atoms with E-state index in [0.717, 1.165) is 0 Å². The molecule has 23 heavy (non-hydrogen) atoms. The Balaban J connectivity index is 2.73. The maximum absolute atomic E-state index is 13.9. The second kappa shape index (κ2) is 6.51. The third-order valence-corrected chi connectivity index (χ3v) is 7.78. The van der Waals surface area contributed by atoms with Gasteiger partial charge in [0.1, 0.15) is 5.75 Å². The van der Waals surface area contributed by atoms with Crippen molar-refractivity contribution >= 4 is 29.6 Å². The molecule has 0 spiro atoms. The second-order valence-electron chi connectivity index (χ2n) is 6.24. The van der Waals surface area contributed by atoms with E-state index >= 15 is 0 Å². The number of benzene rings is 2. The lowest BCUT2D eigenvalue weighted by Crippen LogP contribution is -2.28. The van der Waals surface area contributed by atoms with E-state index in [0.29, 0.717) is 11.1 Å². The number of hydrogen-bond acceptors (Lipinski definition) is 3. The van der Waals surface area contributed by atoms with Gasteiger partial charge in [-0.05, 0) is 12.1 Å². The van der Waals surface area contributed by atoms with E-state index in [1.54, 1.807) is 42.5 Å². The minimum absolute atomic E-state index is 0.179. The van der Waals surface area contributed by atoms with Gasteiger partial charge in [-0.1, -0.05) is 68.8 Å². The Hall–Kier alpha value is -1.57. The average Bonchev–Trinajstić information content (AvgIpc) is 2.52. The van der Waals surface area contributed by atoms with Crippen molar-refractivity contribution in [3.8, 4) is 5.75 Å². The molecule has 0 heterocycles. The van der Waals surface area contributed by atoms with Crippen molar-refractivity contribution in [1.82, 2.24) is 0 Å². The molecule has 2 aromatic carbocycles. The number of ether oxygens (including phenoxy) is 1. The van der Waals surface area contributed by atoms with Crippen LogP contribution in [-0.4, -0.2) is 17.8 Å². The van der Waals surface area contributed by atoms with Crippen LogP contribution in [0.2, 0.25) is 5.02 Å². The smallest absolute Gasteiger partial charge is 0.231 e. The maximum Gasteiger partial charge on any atom is 0.231 e. The summed E-state index contributed by atoms with van der Waals surface area (Å²) in [4.78, 5) is 13.3. The number of carbonyl (C=O) groups is 1. The summed E-state index contributed by atoms with van der Waals surface area (Å²) in [5.41, 5.74) is -0.294. The van der Waals surface area contributed by atoms with Crippen molar-refractivity contribution < 1.29 is 14.1 Å². The van der Waals surface area contributed by atoms with Crippen LogP contribution < -0.4 is 10.0 Å². The molecular weight excluding hydrogens is 331 g/mol. The first kappa shape index (κ1) is 17.8. The van der Waals surface area contributed by atoms with E-state index in [1.807, 2.05) is 26.8 Å². The van der Waals surface area contributed by atoms with Crippen LogP contribution in [-0.2, 0) is 4.57 Å². The number of methoxy groups -OCH3 is 1. The molecule has 0 radical (unpaired) electrons. The van der Waals surface area contributed by atoms with Crippen LogP contribution in [0.5, 0.6) is 5.75 Å². The molecule has 1 atom stereocenters. The van der Waals surface area contributed by atoms with Crippen LogP contribution in [0.4, 0.5) is 0 Å². The average molecular weight is 351 g/mol. The Morgan fingerprint density at radius 1 is 1.04 bits per heavy atom. The molecule has 0 aliphatic heterocycles. The van der Waals surface area contributed by atoms with Crippen LogP contribution in [0.25, 0.3) is 0 Å². The molecule has 2 rings (SSSR count). The molecule has 0 aromatic heterocycles. The van der Waals surface area contributed by atoms with Crippen LogP contribution in [0, 0.1) is 0 Å². The highest BCUT2D eigenvalue weighted by Crippen LogP contribution is 2.60. The van der Waals surface area contributed by atoms with Crippen molar-refractivity contribution in [3.05, 3.63) is 59.1 Å². The standard InChI is InChI=1S/C18H20ClO3P/c1-18(2,3)23(21,13-9-6-5-7-10-13)17(20)16-14(19)11-8-12-15(16)22-4/h5-12H,1-4H3. The van der Waals surface area contributed by atoms with Crippen molar-refractivity contribution in [2.75, 3.05) is 7.11 Å². The third-order valence-electron chi connectivity index (χ3n) is 3.76. The summed E-state index contributed by atoms with van der Waals surface area (Å²) in [5, 5.41) is 0.0320. The Labute approximate surface area is 142 Å². The number of hydrogen-bond donors (Lipinski definition) is 0. The monoisotopic (exact) mass is 350 g/mol. The fourth-order valence-electron chi connectivity index (χ4n) is 2.49. The van der Waals surface area contributed by atoms with Crippen molar-refractivity contribution in [2.24, 2.45) is 0 Å². The van der Waals surface area contributed by atoms with Gasteiger partial charge < -0.3 is 9.30 Å². The zero-order chi connectivity index (χ0) is 17.3. The highest BCUT2D eigenvalue weighted by molar-refractivity contribution is 7.88. The van der Waals surface area contributed by atoms with Gasteiger partial charge in [0.05, 0.1) is 17.7 Å². The molecule has 0 saturated heterocycles. The number of rotatable bonds is 4. The molecule has 0 aliphatic rings. The lowest BCUT2D eigenvalue weighted by atomic mass is 10.2. The van der Waals surface area contributed by atoms with Crippen LogP contribution in [0.15, 0.2) is 48.5 Å². The summed E-state index contributed by atoms with van der Waals surface area (Å²) in [6, 6.07) is 13.8. The Kier molecular flexibility index (Phi) is 5.03. The van der Waals surface area contributed by atoms with Crippen molar-refractivity contribution in [3.63, 3.8) is 0 Å². The SMILES string of the molecule is COc1cccc(Cl)c1C(=O)P(=O)(c1ccccc1)C(C)(C)C. The normalized spacial score (nSPS) is 14.1.